The third-order valence-corrected chi connectivity index (χ3v) is 17.7. The van der Waals surface area contributed by atoms with Crippen molar-refractivity contribution in [2.24, 2.45) is 0 Å². The number of hydrogen-bond acceptors (Lipinski definition) is 5. The Morgan fingerprint density at radius 3 is 0.903 bits per heavy atom. The first-order valence-electron chi connectivity index (χ1n) is 30.6. The lowest BCUT2D eigenvalue weighted by Gasteiger charge is -2.24. The van der Waals surface area contributed by atoms with E-state index < -0.39 is 11.7 Å². The van der Waals surface area contributed by atoms with Crippen LogP contribution in [0.25, 0.3) is 156 Å². The van der Waals surface area contributed by atoms with Crippen LogP contribution in [0.4, 0.5) is 13.2 Å². The first-order valence-corrected chi connectivity index (χ1v) is 30.6. The predicted molar refractivity (Wildman–Crippen MR) is 370 cm³/mol. The highest BCUT2D eigenvalue weighted by Gasteiger charge is 2.37. The fraction of sp³-hybridized carbons (Fsp3) is 0.0241. The Kier molecular flexibility index (Phi) is 13.8. The molecule has 0 spiro atoms. The van der Waals surface area contributed by atoms with E-state index in [2.05, 4.69) is 112 Å². The van der Waals surface area contributed by atoms with Gasteiger partial charge in [0.1, 0.15) is 0 Å². The molecule has 6 heterocycles. The highest BCUT2D eigenvalue weighted by Crippen LogP contribution is 2.49. The van der Waals surface area contributed by atoms with E-state index in [0.717, 1.165) is 111 Å². The summed E-state index contributed by atoms with van der Waals surface area (Å²) in [4.78, 5) is 19.1. The number of nitriles is 1. The molecule has 0 unspecified atom stereocenters. The summed E-state index contributed by atoms with van der Waals surface area (Å²) in [6, 6.07) is 91.7. The Hall–Kier alpha value is -12.3. The van der Waals surface area contributed by atoms with Crippen molar-refractivity contribution >= 4 is 43.6 Å². The number of rotatable bonds is 11. The number of nitrogens with zero attached hydrogens (tertiary/aromatic N) is 7. The van der Waals surface area contributed by atoms with Crippen molar-refractivity contribution in [3.8, 4) is 118 Å². The van der Waals surface area contributed by atoms with Gasteiger partial charge in [0.2, 0.25) is 0 Å². The number of pyridine rings is 4. The summed E-state index contributed by atoms with van der Waals surface area (Å²) in [7, 11) is 0. The maximum absolute atomic E-state index is 16.5. The number of halogens is 3. The molecule has 0 saturated heterocycles. The zero-order valence-corrected chi connectivity index (χ0v) is 50.1. The molecule has 0 saturated carbocycles. The van der Waals surface area contributed by atoms with Gasteiger partial charge in [-0.05, 0) is 148 Å². The van der Waals surface area contributed by atoms with Crippen molar-refractivity contribution in [3.63, 3.8) is 0 Å². The Bertz CT molecular complexity index is 5050. The maximum Gasteiger partial charge on any atom is 0.417 e. The molecule has 0 N–H and O–H groups in total. The molecule has 93 heavy (non-hydrogen) atoms. The first kappa shape index (κ1) is 56.0. The molecule has 6 aromatic heterocycles. The molecular formula is C83H52F3N7. The molecule has 0 aliphatic heterocycles. The fourth-order valence-electron chi connectivity index (χ4n) is 13.3. The van der Waals surface area contributed by atoms with Crippen molar-refractivity contribution in [1.82, 2.24) is 29.1 Å². The van der Waals surface area contributed by atoms with E-state index in [1.807, 2.05) is 146 Å². The molecule has 0 aliphatic carbocycles. The van der Waals surface area contributed by atoms with Crippen molar-refractivity contribution < 1.29 is 13.2 Å². The van der Waals surface area contributed by atoms with Gasteiger partial charge in [0.15, 0.2) is 0 Å². The largest absolute Gasteiger partial charge is 0.417 e. The summed E-state index contributed by atoms with van der Waals surface area (Å²) in [6.45, 7) is 1.74. The van der Waals surface area contributed by atoms with Gasteiger partial charge in [-0.25, -0.2) is 0 Å². The summed E-state index contributed by atoms with van der Waals surface area (Å²) in [5, 5.41) is 15.1. The highest BCUT2D eigenvalue weighted by atomic mass is 19.4. The summed E-state index contributed by atoms with van der Waals surface area (Å²) in [5.74, 6) is 0. The van der Waals surface area contributed by atoms with Gasteiger partial charge in [0.25, 0.3) is 0 Å². The SMILES string of the molecule is Cc1cccc(C(F)(F)F)c1-c1c(-n2c3cc(-c4ccnc(-c5ccccc5)c4)ccc3c3ccc(-c4ccnc(-c5ccccc5)c4)cc32)cc(C#N)cc1-n1c2cc(-c3ccnc(-c4ccccc4)c3)ccc2c2ccc(-c3ccnc(-c4ccccc4)c3)cc21. The van der Waals surface area contributed by atoms with Crippen LogP contribution in [0, 0.1) is 18.3 Å². The van der Waals surface area contributed by atoms with E-state index in [4.69, 9.17) is 19.9 Å². The average Bonchev–Trinajstić information content (AvgIpc) is 1.61. The van der Waals surface area contributed by atoms with Crippen molar-refractivity contribution in [3.05, 3.63) is 314 Å². The minimum atomic E-state index is -4.82. The van der Waals surface area contributed by atoms with E-state index in [0.29, 0.717) is 39.0 Å². The van der Waals surface area contributed by atoms with E-state index >= 15 is 13.2 Å². The highest BCUT2D eigenvalue weighted by molar-refractivity contribution is 6.14. The van der Waals surface area contributed by atoms with Crippen LogP contribution in [0.15, 0.2) is 298 Å². The minimum Gasteiger partial charge on any atom is -0.308 e. The Balaban J connectivity index is 1.03. The second-order valence-electron chi connectivity index (χ2n) is 23.3. The lowest BCUT2D eigenvalue weighted by Crippen LogP contribution is -2.12. The van der Waals surface area contributed by atoms with Gasteiger partial charge in [-0.1, -0.05) is 182 Å². The molecule has 0 bridgehead atoms. The molecule has 0 atom stereocenters. The lowest BCUT2D eigenvalue weighted by molar-refractivity contribution is -0.137. The number of alkyl halides is 3. The number of aryl methyl sites for hydroxylation is 1. The van der Waals surface area contributed by atoms with E-state index in [9.17, 15) is 5.26 Å². The van der Waals surface area contributed by atoms with Crippen LogP contribution >= 0.6 is 0 Å². The van der Waals surface area contributed by atoms with E-state index in [1.165, 1.54) is 12.1 Å². The second-order valence-corrected chi connectivity index (χ2v) is 23.3. The molecule has 440 valence electrons. The first-order chi connectivity index (χ1) is 45.6. The molecule has 0 amide bonds. The topological polar surface area (TPSA) is 85.2 Å². The Morgan fingerprint density at radius 1 is 0.312 bits per heavy atom. The Morgan fingerprint density at radius 2 is 0.613 bits per heavy atom. The molecule has 16 aromatic rings. The van der Waals surface area contributed by atoms with Gasteiger partial charge < -0.3 is 9.13 Å². The minimum absolute atomic E-state index is 0.0179. The van der Waals surface area contributed by atoms with Crippen LogP contribution in [-0.2, 0) is 6.18 Å². The molecule has 0 fully saturated rings. The number of aromatic nitrogens is 6. The molecular weight excluding hydrogens is 1150 g/mol. The average molecular weight is 1200 g/mol. The van der Waals surface area contributed by atoms with E-state index in [-0.39, 0.29) is 16.7 Å². The summed E-state index contributed by atoms with van der Waals surface area (Å²) in [5.41, 5.74) is 17.7. The summed E-state index contributed by atoms with van der Waals surface area (Å²) in [6.07, 6.45) is 2.38. The van der Waals surface area contributed by atoms with Crippen LogP contribution in [0.2, 0.25) is 0 Å². The number of hydrogen-bond donors (Lipinski definition) is 0. The molecule has 16 rings (SSSR count). The zero-order chi connectivity index (χ0) is 62.7. The monoisotopic (exact) mass is 1200 g/mol. The maximum atomic E-state index is 16.5. The van der Waals surface area contributed by atoms with Crippen LogP contribution in [0.1, 0.15) is 16.7 Å². The van der Waals surface area contributed by atoms with Crippen molar-refractivity contribution in [1.29, 1.82) is 5.26 Å². The quantitative estimate of drug-likeness (QED) is 0.129. The van der Waals surface area contributed by atoms with Crippen molar-refractivity contribution in [2.45, 2.75) is 13.1 Å². The summed E-state index contributed by atoms with van der Waals surface area (Å²) >= 11 is 0. The van der Waals surface area contributed by atoms with Crippen LogP contribution < -0.4 is 0 Å². The van der Waals surface area contributed by atoms with Crippen molar-refractivity contribution in [2.75, 3.05) is 0 Å². The normalized spacial score (nSPS) is 11.6. The lowest BCUT2D eigenvalue weighted by atomic mass is 9.90. The van der Waals surface area contributed by atoms with Gasteiger partial charge in [-0.3, -0.25) is 19.9 Å². The van der Waals surface area contributed by atoms with Crippen LogP contribution in [0.3, 0.4) is 0 Å². The van der Waals surface area contributed by atoms with Gasteiger partial charge in [-0.15, -0.1) is 0 Å². The molecule has 10 heteroatoms. The van der Waals surface area contributed by atoms with Crippen LogP contribution in [0.5, 0.6) is 0 Å². The molecule has 10 aromatic carbocycles. The third kappa shape index (κ3) is 10.1. The van der Waals surface area contributed by atoms with Gasteiger partial charge in [0.05, 0.1) is 73.4 Å². The predicted octanol–water partition coefficient (Wildman–Crippen LogP) is 21.7. The fourth-order valence-corrected chi connectivity index (χ4v) is 13.3. The van der Waals surface area contributed by atoms with E-state index in [1.54, 1.807) is 49.9 Å². The standard InChI is InChI=1S/C83H52F3N7/c1-52-15-14-24-70(83(84,85)86)81(52)82-79(92-75-47-58(62-33-37-88-71(43-62)54-16-6-2-7-17-54)25-29-66(75)67-30-26-59(48-76(67)92)63-34-38-89-72(44-63)55-18-8-3-9-19-55)41-53(51-87)42-80(82)93-77-49-60(64-35-39-90-73(45-64)56-20-10-4-11-21-56)27-31-68(77)69-32-28-61(50-78(69)93)65-36-40-91-74(46-65)57-22-12-5-13-23-57/h2-50H,1H3. The third-order valence-electron chi connectivity index (χ3n) is 17.7. The molecule has 0 radical (unpaired) electrons. The second kappa shape index (κ2) is 22.9. The van der Waals surface area contributed by atoms with Crippen LogP contribution in [-0.4, -0.2) is 29.1 Å². The zero-order valence-electron chi connectivity index (χ0n) is 50.1. The smallest absolute Gasteiger partial charge is 0.308 e. The number of fused-ring (bicyclic) bond motifs is 6. The molecule has 0 aliphatic rings. The molecule has 7 nitrogen and oxygen atoms in total. The van der Waals surface area contributed by atoms with Gasteiger partial charge >= 0.3 is 6.18 Å². The van der Waals surface area contributed by atoms with Gasteiger partial charge in [0, 0.05) is 79.7 Å². The Labute approximate surface area is 533 Å². The number of benzene rings is 10. The summed E-state index contributed by atoms with van der Waals surface area (Å²) < 4.78 is 53.7. The van der Waals surface area contributed by atoms with Gasteiger partial charge in [-0.2, -0.15) is 18.4 Å².